The summed E-state index contributed by atoms with van der Waals surface area (Å²) in [6.45, 7) is 0. The van der Waals surface area contributed by atoms with Crippen molar-refractivity contribution in [2.24, 2.45) is 0 Å². The van der Waals surface area contributed by atoms with Crippen LogP contribution < -0.4 is 0 Å². The molecular formula is C20H13F3OS. The number of alkyl halides is 3. The molecule has 1 heterocycles. The van der Waals surface area contributed by atoms with Gasteiger partial charge in [-0.1, -0.05) is 60.7 Å². The van der Waals surface area contributed by atoms with E-state index in [2.05, 4.69) is 0 Å². The molecule has 0 bridgehead atoms. The zero-order valence-corrected chi connectivity index (χ0v) is 13.8. The summed E-state index contributed by atoms with van der Waals surface area (Å²) in [6.07, 6.45) is -3.95. The Morgan fingerprint density at radius 3 is 2.08 bits per heavy atom. The number of carbonyl (C=O) groups excluding carboxylic acids is 1. The first-order chi connectivity index (χ1) is 11.9. The van der Waals surface area contributed by atoms with Crippen LogP contribution in [0.4, 0.5) is 13.2 Å². The normalized spacial score (nSPS) is 12.2. The summed E-state index contributed by atoms with van der Waals surface area (Å²) < 4.78 is 40.3. The summed E-state index contributed by atoms with van der Waals surface area (Å²) in [4.78, 5) is 13.1. The summed E-state index contributed by atoms with van der Waals surface area (Å²) >= 11 is 1.51. The first-order valence-electron chi connectivity index (χ1n) is 7.48. The van der Waals surface area contributed by atoms with Crippen molar-refractivity contribution in [3.8, 4) is 10.4 Å². The second kappa shape index (κ2) is 7.07. The van der Waals surface area contributed by atoms with Crippen LogP contribution in [0.3, 0.4) is 0 Å². The van der Waals surface area contributed by atoms with Gasteiger partial charge in [0.05, 0.1) is 5.57 Å². The lowest BCUT2D eigenvalue weighted by Gasteiger charge is -2.12. The molecule has 0 saturated heterocycles. The van der Waals surface area contributed by atoms with E-state index in [1.807, 2.05) is 17.5 Å². The minimum absolute atomic E-state index is 0.0305. The molecule has 0 saturated carbocycles. The van der Waals surface area contributed by atoms with Crippen molar-refractivity contribution in [1.82, 2.24) is 0 Å². The highest BCUT2D eigenvalue weighted by Gasteiger charge is 2.35. The van der Waals surface area contributed by atoms with Crippen molar-refractivity contribution in [3.63, 3.8) is 0 Å². The van der Waals surface area contributed by atoms with Crippen LogP contribution >= 0.6 is 11.3 Å². The van der Waals surface area contributed by atoms with Gasteiger partial charge in [0.1, 0.15) is 0 Å². The molecule has 0 fully saturated rings. The average molecular weight is 358 g/mol. The largest absolute Gasteiger partial charge is 0.417 e. The topological polar surface area (TPSA) is 17.1 Å². The van der Waals surface area contributed by atoms with Gasteiger partial charge < -0.3 is 0 Å². The highest BCUT2D eigenvalue weighted by Crippen LogP contribution is 2.35. The van der Waals surface area contributed by atoms with E-state index in [4.69, 9.17) is 0 Å². The lowest BCUT2D eigenvalue weighted by atomic mass is 10.00. The van der Waals surface area contributed by atoms with Gasteiger partial charge in [0.2, 0.25) is 0 Å². The third-order valence-corrected chi connectivity index (χ3v) is 4.56. The number of hydrogen-bond acceptors (Lipinski definition) is 2. The van der Waals surface area contributed by atoms with E-state index in [9.17, 15) is 18.0 Å². The van der Waals surface area contributed by atoms with Crippen molar-refractivity contribution in [2.45, 2.75) is 6.18 Å². The fourth-order valence-electron chi connectivity index (χ4n) is 2.40. The second-order valence-electron chi connectivity index (χ2n) is 5.34. The Balaban J connectivity index is 1.96. The van der Waals surface area contributed by atoms with Crippen LogP contribution in [0.2, 0.25) is 0 Å². The standard InChI is InChI=1S/C20H13F3OS/c21-20(22,23)17(13-18(24)15-5-2-1-3-6-15)14-8-10-16(11-9-14)19-7-4-12-25-19/h1-13H/b17-13+. The van der Waals surface area contributed by atoms with E-state index in [-0.39, 0.29) is 11.1 Å². The van der Waals surface area contributed by atoms with Crippen molar-refractivity contribution >= 4 is 22.7 Å². The van der Waals surface area contributed by atoms with Crippen LogP contribution in [0.1, 0.15) is 15.9 Å². The maximum Gasteiger partial charge on any atom is 0.417 e. The highest BCUT2D eigenvalue weighted by molar-refractivity contribution is 7.13. The Labute approximate surface area is 147 Å². The van der Waals surface area contributed by atoms with E-state index in [1.54, 1.807) is 30.3 Å². The number of hydrogen-bond donors (Lipinski definition) is 0. The van der Waals surface area contributed by atoms with Crippen LogP contribution in [-0.2, 0) is 0 Å². The molecule has 0 aliphatic carbocycles. The summed E-state index contributed by atoms with van der Waals surface area (Å²) in [5.74, 6) is -0.671. The SMILES string of the molecule is O=C(/C=C(\c1ccc(-c2cccs2)cc1)C(F)(F)F)c1ccccc1. The van der Waals surface area contributed by atoms with E-state index in [1.165, 1.54) is 35.6 Å². The molecule has 0 atom stereocenters. The fraction of sp³-hybridized carbons (Fsp3) is 0.0500. The third kappa shape index (κ3) is 4.06. The molecule has 3 aromatic rings. The third-order valence-electron chi connectivity index (χ3n) is 3.64. The minimum Gasteiger partial charge on any atom is -0.289 e. The van der Waals surface area contributed by atoms with Gasteiger partial charge >= 0.3 is 6.18 Å². The molecule has 0 spiro atoms. The number of carbonyl (C=O) groups is 1. The zero-order valence-electron chi connectivity index (χ0n) is 13.0. The number of allylic oxidation sites excluding steroid dienone is 2. The molecular weight excluding hydrogens is 345 g/mol. The molecule has 0 aliphatic heterocycles. The predicted molar refractivity (Wildman–Crippen MR) is 94.6 cm³/mol. The first kappa shape index (κ1) is 17.2. The molecule has 0 amide bonds. The molecule has 2 aromatic carbocycles. The molecule has 126 valence electrons. The van der Waals surface area contributed by atoms with Crippen LogP contribution in [0, 0.1) is 0 Å². The summed E-state index contributed by atoms with van der Waals surface area (Å²) in [6, 6.07) is 17.8. The molecule has 5 heteroatoms. The molecule has 0 unspecified atom stereocenters. The van der Waals surface area contributed by atoms with Crippen molar-refractivity contribution in [2.75, 3.05) is 0 Å². The average Bonchev–Trinajstić information content (AvgIpc) is 3.14. The van der Waals surface area contributed by atoms with E-state index in [0.29, 0.717) is 6.08 Å². The van der Waals surface area contributed by atoms with Crippen molar-refractivity contribution in [1.29, 1.82) is 0 Å². The van der Waals surface area contributed by atoms with Gasteiger partial charge in [-0.05, 0) is 28.6 Å². The summed E-state index contributed by atoms with van der Waals surface area (Å²) in [5, 5.41) is 1.91. The maximum atomic E-state index is 13.4. The quantitative estimate of drug-likeness (QED) is 0.398. The Kier molecular flexibility index (Phi) is 4.86. The van der Waals surface area contributed by atoms with E-state index in [0.717, 1.165) is 10.4 Å². The van der Waals surface area contributed by atoms with Crippen LogP contribution in [0.5, 0.6) is 0 Å². The molecule has 25 heavy (non-hydrogen) atoms. The molecule has 3 rings (SSSR count). The molecule has 0 N–H and O–H groups in total. The van der Waals surface area contributed by atoms with Gasteiger partial charge in [-0.3, -0.25) is 4.79 Å². The predicted octanol–water partition coefficient (Wildman–Crippen LogP) is 6.24. The lowest BCUT2D eigenvalue weighted by molar-refractivity contribution is -0.0689. The number of benzene rings is 2. The Morgan fingerprint density at radius 2 is 1.52 bits per heavy atom. The van der Waals surface area contributed by atoms with Crippen molar-refractivity contribution < 1.29 is 18.0 Å². The summed E-state index contributed by atoms with van der Waals surface area (Å²) in [7, 11) is 0. The first-order valence-corrected chi connectivity index (χ1v) is 8.36. The van der Waals surface area contributed by atoms with Gasteiger partial charge in [-0.15, -0.1) is 11.3 Å². The van der Waals surface area contributed by atoms with Crippen molar-refractivity contribution in [3.05, 3.63) is 89.3 Å². The number of rotatable bonds is 4. The Bertz CT molecular complexity index is 877. The van der Waals surface area contributed by atoms with E-state index < -0.39 is 17.5 Å². The molecule has 0 aliphatic rings. The van der Waals surface area contributed by atoms with Gasteiger partial charge in [-0.25, -0.2) is 0 Å². The Hall–Kier alpha value is -2.66. The number of ketones is 1. The maximum absolute atomic E-state index is 13.4. The van der Waals surface area contributed by atoms with E-state index >= 15 is 0 Å². The van der Waals surface area contributed by atoms with Gasteiger partial charge in [0, 0.05) is 10.4 Å². The monoisotopic (exact) mass is 358 g/mol. The Morgan fingerprint density at radius 1 is 0.840 bits per heavy atom. The van der Waals surface area contributed by atoms with Crippen LogP contribution in [-0.4, -0.2) is 12.0 Å². The molecule has 1 aromatic heterocycles. The van der Waals surface area contributed by atoms with Crippen LogP contribution in [0.25, 0.3) is 16.0 Å². The second-order valence-corrected chi connectivity index (χ2v) is 6.29. The van der Waals surface area contributed by atoms with Gasteiger partial charge in [0.25, 0.3) is 0 Å². The highest BCUT2D eigenvalue weighted by atomic mass is 32.1. The fourth-order valence-corrected chi connectivity index (χ4v) is 3.14. The van der Waals surface area contributed by atoms with Crippen LogP contribution in [0.15, 0.2) is 78.2 Å². The number of halogens is 3. The number of thiophene rings is 1. The van der Waals surface area contributed by atoms with Gasteiger partial charge in [-0.2, -0.15) is 13.2 Å². The smallest absolute Gasteiger partial charge is 0.289 e. The van der Waals surface area contributed by atoms with Gasteiger partial charge in [0.15, 0.2) is 5.78 Å². The molecule has 1 nitrogen and oxygen atoms in total. The lowest BCUT2D eigenvalue weighted by Crippen LogP contribution is -2.12. The minimum atomic E-state index is -4.62. The molecule has 0 radical (unpaired) electrons. The zero-order chi connectivity index (χ0) is 17.9. The summed E-state index contributed by atoms with van der Waals surface area (Å²) in [5.41, 5.74) is 0.0882.